The summed E-state index contributed by atoms with van der Waals surface area (Å²) in [4.78, 5) is 11.8. The SMILES string of the molecule is CCCNc1nc(-c2cscn2)nc(OC)c1C(F)(F)F. The number of hydrogen-bond acceptors (Lipinski definition) is 6. The van der Waals surface area contributed by atoms with Crippen molar-refractivity contribution < 1.29 is 17.9 Å². The number of nitrogens with zero attached hydrogens (tertiary/aromatic N) is 3. The Morgan fingerprint density at radius 3 is 2.62 bits per heavy atom. The number of hydrogen-bond donors (Lipinski definition) is 1. The summed E-state index contributed by atoms with van der Waals surface area (Å²) in [7, 11) is 1.14. The summed E-state index contributed by atoms with van der Waals surface area (Å²) in [6.45, 7) is 2.21. The second-order valence-electron chi connectivity index (χ2n) is 4.08. The maximum Gasteiger partial charge on any atom is 0.425 e. The molecule has 0 aromatic carbocycles. The first-order valence-electron chi connectivity index (χ1n) is 6.13. The number of thiazole rings is 1. The standard InChI is InChI=1S/C12H13F3N4OS/c1-3-4-16-10-8(12(13,14)15)11(20-2)19-9(18-10)7-5-21-6-17-7/h5-6H,3-4H2,1-2H3,(H,16,18,19). The molecule has 0 aliphatic heterocycles. The molecule has 0 radical (unpaired) electrons. The van der Waals surface area contributed by atoms with Crippen LogP contribution in [-0.2, 0) is 6.18 Å². The zero-order chi connectivity index (χ0) is 15.5. The van der Waals surface area contributed by atoms with Crippen molar-refractivity contribution in [2.24, 2.45) is 0 Å². The number of aromatic nitrogens is 3. The quantitative estimate of drug-likeness (QED) is 0.915. The van der Waals surface area contributed by atoms with Crippen LogP contribution < -0.4 is 10.1 Å². The third-order valence-corrected chi connectivity index (χ3v) is 3.14. The summed E-state index contributed by atoms with van der Waals surface area (Å²) < 4.78 is 44.3. The van der Waals surface area contributed by atoms with Crippen molar-refractivity contribution in [3.63, 3.8) is 0 Å². The van der Waals surface area contributed by atoms with Gasteiger partial charge >= 0.3 is 6.18 Å². The molecule has 114 valence electrons. The Kier molecular flexibility index (Phi) is 4.61. The Hall–Kier alpha value is -1.90. The maximum atomic E-state index is 13.2. The number of anilines is 1. The molecule has 0 saturated heterocycles. The zero-order valence-corrected chi connectivity index (χ0v) is 12.2. The van der Waals surface area contributed by atoms with Gasteiger partial charge in [-0.2, -0.15) is 18.2 Å². The van der Waals surface area contributed by atoms with Crippen LogP contribution >= 0.6 is 11.3 Å². The average Bonchev–Trinajstić information content (AvgIpc) is 2.96. The van der Waals surface area contributed by atoms with Gasteiger partial charge in [0.05, 0.1) is 12.6 Å². The van der Waals surface area contributed by atoms with Gasteiger partial charge in [-0.25, -0.2) is 9.97 Å². The summed E-state index contributed by atoms with van der Waals surface area (Å²) in [6.07, 6.45) is -3.95. The van der Waals surface area contributed by atoms with E-state index in [-0.39, 0.29) is 11.6 Å². The summed E-state index contributed by atoms with van der Waals surface area (Å²) in [5, 5.41) is 4.33. The molecule has 9 heteroatoms. The van der Waals surface area contributed by atoms with Crippen LogP contribution in [0.3, 0.4) is 0 Å². The molecule has 0 aliphatic rings. The summed E-state index contributed by atoms with van der Waals surface area (Å²) >= 11 is 1.31. The van der Waals surface area contributed by atoms with Gasteiger partial charge in [0.15, 0.2) is 11.4 Å². The van der Waals surface area contributed by atoms with Crippen LogP contribution in [0.15, 0.2) is 10.9 Å². The Morgan fingerprint density at radius 1 is 1.33 bits per heavy atom. The molecule has 2 aromatic rings. The van der Waals surface area contributed by atoms with Gasteiger partial charge in [0, 0.05) is 11.9 Å². The molecule has 1 N–H and O–H groups in total. The molecular weight excluding hydrogens is 305 g/mol. The molecule has 0 unspecified atom stereocenters. The highest BCUT2D eigenvalue weighted by atomic mass is 32.1. The highest BCUT2D eigenvalue weighted by molar-refractivity contribution is 7.07. The molecular formula is C12H13F3N4OS. The summed E-state index contributed by atoms with van der Waals surface area (Å²) in [6, 6.07) is 0. The number of ether oxygens (including phenoxy) is 1. The van der Waals surface area contributed by atoms with E-state index < -0.39 is 17.6 Å². The number of methoxy groups -OCH3 is 1. The lowest BCUT2D eigenvalue weighted by Gasteiger charge is -2.16. The lowest BCUT2D eigenvalue weighted by molar-refractivity contribution is -0.138. The van der Waals surface area contributed by atoms with E-state index >= 15 is 0 Å². The predicted molar refractivity (Wildman–Crippen MR) is 73.5 cm³/mol. The van der Waals surface area contributed by atoms with E-state index in [0.29, 0.717) is 18.7 Å². The minimum Gasteiger partial charge on any atom is -0.480 e. The lowest BCUT2D eigenvalue weighted by Crippen LogP contribution is -2.16. The molecule has 2 rings (SSSR count). The molecule has 0 amide bonds. The molecule has 0 fully saturated rings. The van der Waals surface area contributed by atoms with Crippen LogP contribution in [0.25, 0.3) is 11.5 Å². The molecule has 0 aliphatic carbocycles. The zero-order valence-electron chi connectivity index (χ0n) is 11.4. The fourth-order valence-electron chi connectivity index (χ4n) is 1.65. The molecule has 0 bridgehead atoms. The van der Waals surface area contributed by atoms with Crippen LogP contribution in [0.1, 0.15) is 18.9 Å². The van der Waals surface area contributed by atoms with Gasteiger partial charge in [-0.3, -0.25) is 0 Å². The van der Waals surface area contributed by atoms with Crippen molar-refractivity contribution in [2.75, 3.05) is 19.0 Å². The highest BCUT2D eigenvalue weighted by Crippen LogP contribution is 2.40. The normalized spacial score (nSPS) is 11.5. The van der Waals surface area contributed by atoms with Gasteiger partial charge in [0.2, 0.25) is 5.88 Å². The van der Waals surface area contributed by atoms with Gasteiger partial charge in [-0.15, -0.1) is 11.3 Å². The third-order valence-electron chi connectivity index (χ3n) is 2.56. The Balaban J connectivity index is 2.58. The van der Waals surface area contributed by atoms with Gasteiger partial charge in [-0.05, 0) is 6.42 Å². The molecule has 0 spiro atoms. The summed E-state index contributed by atoms with van der Waals surface area (Å²) in [5.41, 5.74) is 0.964. The second-order valence-corrected chi connectivity index (χ2v) is 4.80. The molecule has 21 heavy (non-hydrogen) atoms. The Morgan fingerprint density at radius 2 is 2.10 bits per heavy atom. The van der Waals surface area contributed by atoms with Crippen LogP contribution in [0, 0.1) is 0 Å². The minimum absolute atomic E-state index is 0.0969. The molecule has 2 aromatic heterocycles. The monoisotopic (exact) mass is 318 g/mol. The molecule has 0 saturated carbocycles. The smallest absolute Gasteiger partial charge is 0.425 e. The molecule has 2 heterocycles. The van der Waals surface area contributed by atoms with E-state index in [0.717, 1.165) is 7.11 Å². The fourth-order valence-corrected chi connectivity index (χ4v) is 2.18. The van der Waals surface area contributed by atoms with E-state index in [9.17, 15) is 13.2 Å². The number of rotatable bonds is 5. The second kappa shape index (κ2) is 6.25. The van der Waals surface area contributed by atoms with E-state index in [1.165, 1.54) is 11.3 Å². The topological polar surface area (TPSA) is 59.9 Å². The highest BCUT2D eigenvalue weighted by Gasteiger charge is 2.40. The van der Waals surface area contributed by atoms with Crippen LogP contribution in [0.5, 0.6) is 5.88 Å². The average molecular weight is 318 g/mol. The van der Waals surface area contributed by atoms with Crippen LogP contribution in [0.2, 0.25) is 0 Å². The van der Waals surface area contributed by atoms with Crippen molar-refractivity contribution in [2.45, 2.75) is 19.5 Å². The number of alkyl halides is 3. The lowest BCUT2D eigenvalue weighted by atomic mass is 10.2. The van der Waals surface area contributed by atoms with Crippen molar-refractivity contribution in [1.82, 2.24) is 15.0 Å². The van der Waals surface area contributed by atoms with Crippen molar-refractivity contribution in [3.8, 4) is 17.4 Å². The van der Waals surface area contributed by atoms with Crippen molar-refractivity contribution in [1.29, 1.82) is 0 Å². The fraction of sp³-hybridized carbons (Fsp3) is 0.417. The molecule has 5 nitrogen and oxygen atoms in total. The Bertz CT molecular complexity index is 601. The van der Waals surface area contributed by atoms with Crippen LogP contribution in [0.4, 0.5) is 19.0 Å². The maximum absolute atomic E-state index is 13.2. The first-order valence-corrected chi connectivity index (χ1v) is 7.07. The summed E-state index contributed by atoms with van der Waals surface area (Å²) in [5.74, 6) is -0.710. The van der Waals surface area contributed by atoms with E-state index in [2.05, 4.69) is 20.3 Å². The number of nitrogens with one attached hydrogen (secondary N) is 1. The Labute approximate surface area is 123 Å². The predicted octanol–water partition coefficient (Wildman–Crippen LogP) is 3.45. The van der Waals surface area contributed by atoms with Gasteiger partial charge in [0.25, 0.3) is 0 Å². The van der Waals surface area contributed by atoms with Crippen molar-refractivity contribution in [3.05, 3.63) is 16.5 Å². The van der Waals surface area contributed by atoms with Crippen molar-refractivity contribution >= 4 is 17.2 Å². The first kappa shape index (κ1) is 15.5. The van der Waals surface area contributed by atoms with Gasteiger partial charge in [0.1, 0.15) is 11.5 Å². The molecule has 0 atom stereocenters. The number of halogens is 3. The van der Waals surface area contributed by atoms with E-state index in [4.69, 9.17) is 4.74 Å². The first-order chi connectivity index (χ1) is 9.97. The minimum atomic E-state index is -4.61. The third kappa shape index (κ3) is 3.41. The van der Waals surface area contributed by atoms with E-state index in [1.807, 2.05) is 6.92 Å². The van der Waals surface area contributed by atoms with Crippen LogP contribution in [-0.4, -0.2) is 28.6 Å². The van der Waals surface area contributed by atoms with E-state index in [1.54, 1.807) is 10.9 Å². The van der Waals surface area contributed by atoms with Gasteiger partial charge < -0.3 is 10.1 Å². The van der Waals surface area contributed by atoms with Gasteiger partial charge in [-0.1, -0.05) is 6.92 Å². The largest absolute Gasteiger partial charge is 0.480 e.